The molecule has 5 rings (SSSR count). The molecule has 0 aliphatic carbocycles. The van der Waals surface area contributed by atoms with Gasteiger partial charge in [-0.3, -0.25) is 23.7 Å². The van der Waals surface area contributed by atoms with Gasteiger partial charge in [-0.15, -0.1) is 0 Å². The van der Waals surface area contributed by atoms with Crippen LogP contribution in [-0.4, -0.2) is 94.5 Å². The number of piperazine rings is 1. The number of halogens is 2. The maximum atomic E-state index is 15.1. The summed E-state index contributed by atoms with van der Waals surface area (Å²) in [5.41, 5.74) is -0.142. The summed E-state index contributed by atoms with van der Waals surface area (Å²) in [6.07, 6.45) is 3.35. The van der Waals surface area contributed by atoms with Gasteiger partial charge in [-0.2, -0.15) is 0 Å². The van der Waals surface area contributed by atoms with Gasteiger partial charge in [0.05, 0.1) is 18.8 Å². The molecule has 0 spiro atoms. The largest absolute Gasteiger partial charge is 0.442 e. The topological polar surface area (TPSA) is 141 Å². The van der Waals surface area contributed by atoms with Crippen LogP contribution in [0.1, 0.15) is 24.3 Å². The number of nitrogens with one attached hydrogen (secondary N) is 2. The summed E-state index contributed by atoms with van der Waals surface area (Å²) < 4.78 is 37.0. The van der Waals surface area contributed by atoms with Gasteiger partial charge in [0.15, 0.2) is 11.6 Å². The lowest BCUT2D eigenvalue weighted by atomic mass is 10.1. The highest BCUT2D eigenvalue weighted by Gasteiger charge is 2.34. The number of fused-ring (bicyclic) bond motifs is 1. The Hall–Kier alpha value is -4.82. The Labute approximate surface area is 233 Å². The molecule has 2 N–H and O–H groups in total. The minimum absolute atomic E-state index is 0.00107. The average molecular weight is 571 g/mol. The van der Waals surface area contributed by atoms with Crippen molar-refractivity contribution in [2.45, 2.75) is 26.0 Å². The normalized spacial score (nSPS) is 17.9. The van der Waals surface area contributed by atoms with E-state index in [0.29, 0.717) is 5.78 Å². The summed E-state index contributed by atoms with van der Waals surface area (Å²) in [6, 6.07) is 2.97. The van der Waals surface area contributed by atoms with Crippen molar-refractivity contribution >= 4 is 41.0 Å². The fourth-order valence-electron chi connectivity index (χ4n) is 4.80. The van der Waals surface area contributed by atoms with Crippen LogP contribution in [-0.2, 0) is 14.3 Å². The van der Waals surface area contributed by atoms with E-state index in [9.17, 15) is 19.2 Å². The van der Waals surface area contributed by atoms with E-state index in [1.54, 1.807) is 29.8 Å². The van der Waals surface area contributed by atoms with Crippen molar-refractivity contribution in [1.29, 1.82) is 0 Å². The second kappa shape index (κ2) is 11.3. The third-order valence-corrected chi connectivity index (χ3v) is 6.86. The third kappa shape index (κ3) is 5.88. The molecular weight excluding hydrogens is 542 g/mol. The van der Waals surface area contributed by atoms with Crippen molar-refractivity contribution in [3.8, 4) is 0 Å². The van der Waals surface area contributed by atoms with Crippen LogP contribution >= 0.6 is 0 Å². The molecule has 0 bridgehead atoms. The van der Waals surface area contributed by atoms with Crippen molar-refractivity contribution in [1.82, 2.24) is 29.9 Å². The van der Waals surface area contributed by atoms with Crippen molar-refractivity contribution in [2.75, 3.05) is 49.1 Å². The van der Waals surface area contributed by atoms with E-state index in [-0.39, 0.29) is 68.2 Å². The molecule has 2 fully saturated rings. The predicted molar refractivity (Wildman–Crippen MR) is 141 cm³/mol. The number of carbonyl (C=O) groups is 4. The number of benzene rings is 1. The van der Waals surface area contributed by atoms with E-state index in [2.05, 4.69) is 20.6 Å². The summed E-state index contributed by atoms with van der Waals surface area (Å²) in [7, 11) is 0. The number of rotatable bonds is 7. The summed E-state index contributed by atoms with van der Waals surface area (Å²) in [5.74, 6) is -2.52. The number of carbonyl (C=O) groups excluding carboxylic acids is 4. The predicted octanol–water partition coefficient (Wildman–Crippen LogP) is 0.936. The summed E-state index contributed by atoms with van der Waals surface area (Å²) in [5, 5.41) is 5.18. The SMILES string of the molecule is CC(=O)NC[C@H]1CN(c2cc(F)c(N3CCN(C(=O)[C@H](C)NC(=O)c4cn5cccnc5n4)CC3)c(F)c2)C(=O)O1. The molecule has 2 aliphatic heterocycles. The molecule has 0 saturated carbocycles. The van der Waals surface area contributed by atoms with Crippen LogP contribution in [0.3, 0.4) is 0 Å². The van der Waals surface area contributed by atoms with Crippen LogP contribution in [0.2, 0.25) is 0 Å². The van der Waals surface area contributed by atoms with E-state index >= 15 is 8.78 Å². The zero-order chi connectivity index (χ0) is 29.3. The van der Waals surface area contributed by atoms with Gasteiger partial charge in [0.25, 0.3) is 5.91 Å². The first-order valence-electron chi connectivity index (χ1n) is 13.0. The van der Waals surface area contributed by atoms with E-state index in [4.69, 9.17) is 4.74 Å². The summed E-state index contributed by atoms with van der Waals surface area (Å²) in [6.45, 7) is 3.68. The Kier molecular flexibility index (Phi) is 7.68. The van der Waals surface area contributed by atoms with Gasteiger partial charge in [0.2, 0.25) is 17.6 Å². The first-order valence-corrected chi connectivity index (χ1v) is 13.0. The number of amides is 4. The standard InChI is InChI=1S/C26H28F2N8O5/c1-15(31-23(38)21-14-35-5-3-4-29-25(35)32-21)24(39)34-8-6-33(7-9-34)22-19(27)10-17(11-20(22)28)36-13-18(41-26(36)40)12-30-16(2)37/h3-5,10-11,14-15,18H,6-9,12-13H2,1-2H3,(H,30,37)(H,31,38)/t15-,18-/m0/s1. The maximum absolute atomic E-state index is 15.1. The second-order valence-corrected chi connectivity index (χ2v) is 9.77. The molecule has 0 unspecified atom stereocenters. The van der Waals surface area contributed by atoms with Crippen LogP contribution < -0.4 is 20.4 Å². The third-order valence-electron chi connectivity index (χ3n) is 6.86. The van der Waals surface area contributed by atoms with Crippen LogP contribution in [0, 0.1) is 11.6 Å². The number of imidazole rings is 1. The molecule has 2 saturated heterocycles. The Balaban J connectivity index is 1.17. The summed E-state index contributed by atoms with van der Waals surface area (Å²) >= 11 is 0. The first-order chi connectivity index (χ1) is 19.6. The number of cyclic esters (lactones) is 1. The fourth-order valence-corrected chi connectivity index (χ4v) is 4.80. The van der Waals surface area contributed by atoms with Crippen molar-refractivity contribution < 1.29 is 32.7 Å². The number of hydrogen-bond acceptors (Lipinski definition) is 8. The van der Waals surface area contributed by atoms with Gasteiger partial charge in [-0.25, -0.2) is 23.5 Å². The van der Waals surface area contributed by atoms with Crippen molar-refractivity contribution in [2.24, 2.45) is 0 Å². The Morgan fingerprint density at radius 3 is 2.51 bits per heavy atom. The highest BCUT2D eigenvalue weighted by molar-refractivity contribution is 5.96. The van der Waals surface area contributed by atoms with Gasteiger partial charge in [0, 0.05) is 63.8 Å². The number of hydrogen-bond donors (Lipinski definition) is 2. The van der Waals surface area contributed by atoms with E-state index in [1.165, 1.54) is 22.9 Å². The highest BCUT2D eigenvalue weighted by atomic mass is 19.1. The van der Waals surface area contributed by atoms with E-state index in [0.717, 1.165) is 17.0 Å². The molecule has 4 heterocycles. The molecule has 3 aromatic rings. The summed E-state index contributed by atoms with van der Waals surface area (Å²) in [4.78, 5) is 61.3. The zero-order valence-corrected chi connectivity index (χ0v) is 22.3. The van der Waals surface area contributed by atoms with Crippen LogP contribution in [0.15, 0.2) is 36.8 Å². The molecule has 41 heavy (non-hydrogen) atoms. The molecule has 2 aliphatic rings. The van der Waals surface area contributed by atoms with Gasteiger partial charge in [-0.1, -0.05) is 0 Å². The highest BCUT2D eigenvalue weighted by Crippen LogP contribution is 2.31. The lowest BCUT2D eigenvalue weighted by Crippen LogP contribution is -2.54. The zero-order valence-electron chi connectivity index (χ0n) is 22.3. The Morgan fingerprint density at radius 1 is 1.15 bits per heavy atom. The van der Waals surface area contributed by atoms with Crippen LogP contribution in [0.5, 0.6) is 0 Å². The molecule has 1 aromatic carbocycles. The van der Waals surface area contributed by atoms with E-state index < -0.39 is 35.8 Å². The minimum Gasteiger partial charge on any atom is -0.442 e. The van der Waals surface area contributed by atoms with Crippen LogP contribution in [0.4, 0.5) is 25.0 Å². The smallest absolute Gasteiger partial charge is 0.414 e. The van der Waals surface area contributed by atoms with Crippen molar-refractivity contribution in [3.63, 3.8) is 0 Å². The molecule has 2 aromatic heterocycles. The van der Waals surface area contributed by atoms with Gasteiger partial charge < -0.3 is 25.2 Å². The quantitative estimate of drug-likeness (QED) is 0.428. The first kappa shape index (κ1) is 27.7. The van der Waals surface area contributed by atoms with E-state index in [1.807, 2.05) is 0 Å². The Morgan fingerprint density at radius 2 is 1.85 bits per heavy atom. The van der Waals surface area contributed by atoms with Gasteiger partial charge in [0.1, 0.15) is 23.5 Å². The number of ether oxygens (including phenoxy) is 1. The average Bonchev–Trinajstić information content (AvgIpc) is 3.55. The molecule has 216 valence electrons. The van der Waals surface area contributed by atoms with Gasteiger partial charge >= 0.3 is 6.09 Å². The second-order valence-electron chi connectivity index (χ2n) is 9.77. The maximum Gasteiger partial charge on any atom is 0.414 e. The number of aromatic nitrogens is 3. The lowest BCUT2D eigenvalue weighted by Gasteiger charge is -2.37. The lowest BCUT2D eigenvalue weighted by molar-refractivity contribution is -0.133. The van der Waals surface area contributed by atoms with Crippen molar-refractivity contribution in [3.05, 3.63) is 54.1 Å². The monoisotopic (exact) mass is 570 g/mol. The number of nitrogens with zero attached hydrogens (tertiary/aromatic N) is 6. The number of anilines is 2. The molecule has 15 heteroatoms. The Bertz CT molecular complexity index is 1450. The molecule has 2 atom stereocenters. The molecular formula is C26H28F2N8O5. The fraction of sp³-hybridized carbons (Fsp3) is 0.385. The molecule has 4 amide bonds. The van der Waals surface area contributed by atoms with Crippen LogP contribution in [0.25, 0.3) is 5.78 Å². The minimum atomic E-state index is -0.861. The molecule has 13 nitrogen and oxygen atoms in total. The van der Waals surface area contributed by atoms with Gasteiger partial charge in [-0.05, 0) is 13.0 Å². The molecule has 0 radical (unpaired) electrons.